The molecule has 0 saturated heterocycles. The Bertz CT molecular complexity index is 747. The summed E-state index contributed by atoms with van der Waals surface area (Å²) in [6, 6.07) is 14.1. The minimum absolute atomic E-state index is 0.659. The van der Waals surface area contributed by atoms with E-state index in [9.17, 15) is 0 Å². The third-order valence-corrected chi connectivity index (χ3v) is 3.62. The zero-order chi connectivity index (χ0) is 15.5. The van der Waals surface area contributed by atoms with E-state index >= 15 is 0 Å². The van der Waals surface area contributed by atoms with Crippen molar-refractivity contribution in [3.8, 4) is 5.75 Å². The van der Waals surface area contributed by atoms with E-state index in [1.54, 1.807) is 7.11 Å². The minimum Gasteiger partial charge on any atom is -0.496 e. The van der Waals surface area contributed by atoms with Gasteiger partial charge in [-0.25, -0.2) is 4.98 Å². The van der Waals surface area contributed by atoms with Gasteiger partial charge < -0.3 is 9.15 Å². The van der Waals surface area contributed by atoms with E-state index in [0.29, 0.717) is 6.54 Å². The number of rotatable bonds is 5. The van der Waals surface area contributed by atoms with Crippen LogP contribution in [0.1, 0.15) is 17.0 Å². The average molecular weight is 296 g/mol. The number of methoxy groups -OCH3 is 1. The molecule has 0 atom stereocenters. The summed E-state index contributed by atoms with van der Waals surface area (Å²) < 4.78 is 11.2. The molecule has 4 nitrogen and oxygen atoms in total. The summed E-state index contributed by atoms with van der Waals surface area (Å²) >= 11 is 0. The summed E-state index contributed by atoms with van der Waals surface area (Å²) in [5.74, 6) is 1.64. The lowest BCUT2D eigenvalue weighted by Crippen LogP contribution is -2.18. The Morgan fingerprint density at radius 2 is 1.95 bits per heavy atom. The molecule has 0 aliphatic heterocycles. The van der Waals surface area contributed by atoms with Crippen molar-refractivity contribution in [2.45, 2.75) is 20.0 Å². The highest BCUT2D eigenvalue weighted by Crippen LogP contribution is 2.22. The van der Waals surface area contributed by atoms with E-state index in [-0.39, 0.29) is 0 Å². The molecule has 0 N–H and O–H groups in total. The normalized spacial score (nSPS) is 11.3. The topological polar surface area (TPSA) is 38.5 Å². The van der Waals surface area contributed by atoms with Crippen molar-refractivity contribution in [1.82, 2.24) is 9.88 Å². The first-order valence-corrected chi connectivity index (χ1v) is 7.32. The van der Waals surface area contributed by atoms with Gasteiger partial charge in [0, 0.05) is 12.1 Å². The second-order valence-corrected chi connectivity index (χ2v) is 5.56. The van der Waals surface area contributed by atoms with Crippen molar-refractivity contribution >= 4 is 11.1 Å². The quantitative estimate of drug-likeness (QED) is 0.718. The third-order valence-electron chi connectivity index (χ3n) is 3.62. The highest BCUT2D eigenvalue weighted by molar-refractivity contribution is 5.72. The first kappa shape index (κ1) is 14.6. The smallest absolute Gasteiger partial charge is 0.209 e. The van der Waals surface area contributed by atoms with Crippen LogP contribution in [0.4, 0.5) is 0 Å². The second kappa shape index (κ2) is 6.20. The van der Waals surface area contributed by atoms with Crippen LogP contribution < -0.4 is 4.74 Å². The number of nitrogens with zero attached hydrogens (tertiary/aromatic N) is 2. The van der Waals surface area contributed by atoms with Crippen LogP contribution >= 0.6 is 0 Å². The van der Waals surface area contributed by atoms with Crippen LogP contribution in [0, 0.1) is 6.92 Å². The van der Waals surface area contributed by atoms with Crippen molar-refractivity contribution in [2.24, 2.45) is 0 Å². The van der Waals surface area contributed by atoms with Crippen LogP contribution in [0.25, 0.3) is 11.1 Å². The summed E-state index contributed by atoms with van der Waals surface area (Å²) in [4.78, 5) is 6.68. The number of oxazole rings is 1. The number of aromatic nitrogens is 1. The van der Waals surface area contributed by atoms with Gasteiger partial charge in [-0.1, -0.05) is 29.8 Å². The predicted molar refractivity (Wildman–Crippen MR) is 86.9 cm³/mol. The lowest BCUT2D eigenvalue weighted by molar-refractivity contribution is 0.280. The molecule has 3 rings (SSSR count). The largest absolute Gasteiger partial charge is 0.496 e. The zero-order valence-corrected chi connectivity index (χ0v) is 13.2. The molecule has 0 unspecified atom stereocenters. The number of benzene rings is 2. The lowest BCUT2D eigenvalue weighted by atomic mass is 10.1. The number of hydrogen-bond donors (Lipinski definition) is 0. The fourth-order valence-electron chi connectivity index (χ4n) is 2.60. The maximum atomic E-state index is 5.77. The molecule has 0 saturated carbocycles. The Hall–Kier alpha value is -2.33. The Kier molecular flexibility index (Phi) is 4.11. The second-order valence-electron chi connectivity index (χ2n) is 5.56. The van der Waals surface area contributed by atoms with Gasteiger partial charge in [0.2, 0.25) is 5.89 Å². The van der Waals surface area contributed by atoms with Gasteiger partial charge >= 0.3 is 0 Å². The average Bonchev–Trinajstić information content (AvgIpc) is 2.89. The van der Waals surface area contributed by atoms with Crippen molar-refractivity contribution in [1.29, 1.82) is 0 Å². The monoisotopic (exact) mass is 296 g/mol. The molecular weight excluding hydrogens is 276 g/mol. The highest BCUT2D eigenvalue weighted by atomic mass is 16.5. The molecule has 1 heterocycles. The van der Waals surface area contributed by atoms with Gasteiger partial charge in [-0.2, -0.15) is 0 Å². The maximum Gasteiger partial charge on any atom is 0.209 e. The van der Waals surface area contributed by atoms with Crippen molar-refractivity contribution in [3.63, 3.8) is 0 Å². The van der Waals surface area contributed by atoms with Crippen LogP contribution in [0.3, 0.4) is 0 Å². The van der Waals surface area contributed by atoms with Gasteiger partial charge in [0.15, 0.2) is 5.58 Å². The van der Waals surface area contributed by atoms with Crippen LogP contribution in [0.15, 0.2) is 46.9 Å². The molecule has 3 aromatic rings. The van der Waals surface area contributed by atoms with Gasteiger partial charge in [-0.3, -0.25) is 4.90 Å². The van der Waals surface area contributed by atoms with Gasteiger partial charge in [-0.05, 0) is 32.2 Å². The summed E-state index contributed by atoms with van der Waals surface area (Å²) in [5.41, 5.74) is 4.13. The first-order chi connectivity index (χ1) is 10.7. The number of fused-ring (bicyclic) bond motifs is 1. The van der Waals surface area contributed by atoms with E-state index in [1.165, 1.54) is 11.1 Å². The summed E-state index contributed by atoms with van der Waals surface area (Å²) in [6.07, 6.45) is 0. The molecule has 0 aliphatic rings. The Balaban J connectivity index is 1.74. The highest BCUT2D eigenvalue weighted by Gasteiger charge is 2.11. The molecule has 0 fully saturated rings. The Morgan fingerprint density at radius 3 is 2.73 bits per heavy atom. The van der Waals surface area contributed by atoms with Gasteiger partial charge in [0.1, 0.15) is 11.3 Å². The molecular formula is C18H20N2O2. The van der Waals surface area contributed by atoms with Gasteiger partial charge in [-0.15, -0.1) is 0 Å². The van der Waals surface area contributed by atoms with Gasteiger partial charge in [0.05, 0.1) is 13.7 Å². The molecule has 114 valence electrons. The number of hydrogen-bond acceptors (Lipinski definition) is 4. The first-order valence-electron chi connectivity index (χ1n) is 7.32. The van der Waals surface area contributed by atoms with Crippen molar-refractivity contribution in [2.75, 3.05) is 14.2 Å². The van der Waals surface area contributed by atoms with Gasteiger partial charge in [0.25, 0.3) is 0 Å². The lowest BCUT2D eigenvalue weighted by Gasteiger charge is -2.17. The summed E-state index contributed by atoms with van der Waals surface area (Å²) in [7, 11) is 3.76. The number of ether oxygens (including phenoxy) is 1. The SMILES string of the molecule is COc1ccc(C)cc1CN(C)Cc1nc2ccccc2o1. The summed E-state index contributed by atoms with van der Waals surface area (Å²) in [5, 5.41) is 0. The van der Waals surface area contributed by atoms with Crippen LogP contribution in [0.5, 0.6) is 5.75 Å². The minimum atomic E-state index is 0.659. The Labute approximate surface area is 130 Å². The summed E-state index contributed by atoms with van der Waals surface area (Å²) in [6.45, 7) is 3.53. The molecule has 4 heteroatoms. The maximum absolute atomic E-state index is 5.77. The molecule has 0 spiro atoms. The number of para-hydroxylation sites is 2. The fourth-order valence-corrected chi connectivity index (χ4v) is 2.60. The predicted octanol–water partition coefficient (Wildman–Crippen LogP) is 3.78. The third kappa shape index (κ3) is 3.12. The van der Waals surface area contributed by atoms with E-state index in [1.807, 2.05) is 30.3 Å². The van der Waals surface area contributed by atoms with Crippen molar-refractivity contribution < 1.29 is 9.15 Å². The fraction of sp³-hybridized carbons (Fsp3) is 0.278. The zero-order valence-electron chi connectivity index (χ0n) is 13.2. The standard InChI is InChI=1S/C18H20N2O2/c1-13-8-9-16(21-3)14(10-13)11-20(2)12-18-19-15-6-4-5-7-17(15)22-18/h4-10H,11-12H2,1-3H3. The van der Waals surface area contributed by atoms with E-state index in [4.69, 9.17) is 9.15 Å². The molecule has 0 radical (unpaired) electrons. The van der Waals surface area contributed by atoms with E-state index in [0.717, 1.165) is 29.3 Å². The molecule has 1 aromatic heterocycles. The number of aryl methyl sites for hydroxylation is 1. The van der Waals surface area contributed by atoms with E-state index < -0.39 is 0 Å². The van der Waals surface area contributed by atoms with Crippen LogP contribution in [-0.2, 0) is 13.1 Å². The van der Waals surface area contributed by atoms with Crippen LogP contribution in [-0.4, -0.2) is 24.0 Å². The molecule has 22 heavy (non-hydrogen) atoms. The molecule has 0 bridgehead atoms. The molecule has 2 aromatic carbocycles. The molecule has 0 amide bonds. The van der Waals surface area contributed by atoms with E-state index in [2.05, 4.69) is 36.0 Å². The molecule has 0 aliphatic carbocycles. The van der Waals surface area contributed by atoms with Crippen molar-refractivity contribution in [3.05, 3.63) is 59.5 Å². The Morgan fingerprint density at radius 1 is 1.14 bits per heavy atom. The van der Waals surface area contributed by atoms with Crippen LogP contribution in [0.2, 0.25) is 0 Å².